The average Bonchev–Trinajstić information content (AvgIpc) is 2.82. The number of fused-ring (bicyclic) bond motifs is 2. The Hall–Kier alpha value is -2.37. The van der Waals surface area contributed by atoms with E-state index in [1.54, 1.807) is 4.90 Å². The van der Waals surface area contributed by atoms with Crippen molar-refractivity contribution in [1.29, 1.82) is 0 Å². The van der Waals surface area contributed by atoms with E-state index in [-0.39, 0.29) is 30.4 Å². The zero-order chi connectivity index (χ0) is 15.0. The Morgan fingerprint density at radius 1 is 1.38 bits per heavy atom. The van der Waals surface area contributed by atoms with Crippen molar-refractivity contribution in [2.24, 2.45) is 5.92 Å². The van der Waals surface area contributed by atoms with Gasteiger partial charge in [-0.3, -0.25) is 14.9 Å². The van der Waals surface area contributed by atoms with Gasteiger partial charge in [0.1, 0.15) is 0 Å². The molecule has 110 valence electrons. The average molecular weight is 288 g/mol. The van der Waals surface area contributed by atoms with Crippen molar-refractivity contribution in [3.63, 3.8) is 0 Å². The van der Waals surface area contributed by atoms with Crippen LogP contribution in [-0.4, -0.2) is 42.5 Å². The van der Waals surface area contributed by atoms with Crippen LogP contribution in [0.4, 0.5) is 4.79 Å². The summed E-state index contributed by atoms with van der Waals surface area (Å²) in [4.78, 5) is 37.0. The number of urea groups is 1. The summed E-state index contributed by atoms with van der Waals surface area (Å²) in [5.41, 5.74) is -0.000368. The second-order valence-electron chi connectivity index (χ2n) is 5.48. The molecule has 0 saturated carbocycles. The van der Waals surface area contributed by atoms with Crippen LogP contribution < -0.4 is 5.32 Å². The number of benzene rings is 1. The van der Waals surface area contributed by atoms with E-state index in [0.717, 1.165) is 5.56 Å². The van der Waals surface area contributed by atoms with Crippen molar-refractivity contribution >= 4 is 17.9 Å². The number of nitrogens with zero attached hydrogens (tertiary/aromatic N) is 1. The second-order valence-corrected chi connectivity index (χ2v) is 5.48. The Kier molecular flexibility index (Phi) is 3.16. The molecule has 2 fully saturated rings. The lowest BCUT2D eigenvalue weighted by atomic mass is 9.71. The highest BCUT2D eigenvalue weighted by Crippen LogP contribution is 2.42. The molecule has 0 radical (unpaired) electrons. The number of imide groups is 1. The fraction of sp³-hybridized carbons (Fsp3) is 0.400. The predicted molar refractivity (Wildman–Crippen MR) is 73.4 cm³/mol. The molecule has 1 aromatic carbocycles. The fourth-order valence-corrected chi connectivity index (χ4v) is 3.22. The Bertz CT molecular complexity index is 601. The highest BCUT2D eigenvalue weighted by Gasteiger charge is 2.58. The molecule has 21 heavy (non-hydrogen) atoms. The van der Waals surface area contributed by atoms with E-state index in [1.165, 1.54) is 6.92 Å². The monoisotopic (exact) mass is 288 g/mol. The summed E-state index contributed by atoms with van der Waals surface area (Å²) >= 11 is 0. The van der Waals surface area contributed by atoms with Crippen molar-refractivity contribution in [2.75, 3.05) is 19.7 Å². The van der Waals surface area contributed by atoms with Crippen LogP contribution in [0.15, 0.2) is 30.3 Å². The molecule has 2 atom stereocenters. The summed E-state index contributed by atoms with van der Waals surface area (Å²) in [6.45, 7) is 2.19. The summed E-state index contributed by atoms with van der Waals surface area (Å²) in [5, 5.41) is 2.41. The second kappa shape index (κ2) is 4.87. The minimum atomic E-state index is -0.843. The van der Waals surface area contributed by atoms with Gasteiger partial charge in [-0.1, -0.05) is 30.3 Å². The molecule has 3 rings (SSSR count). The Morgan fingerprint density at radius 2 is 2.10 bits per heavy atom. The minimum Gasteiger partial charge on any atom is -0.465 e. The first-order valence-corrected chi connectivity index (χ1v) is 6.83. The zero-order valence-electron chi connectivity index (χ0n) is 11.7. The van der Waals surface area contributed by atoms with Crippen LogP contribution in [0.1, 0.15) is 12.5 Å². The maximum absolute atomic E-state index is 12.5. The number of carbonyl (C=O) groups is 3. The van der Waals surface area contributed by atoms with Gasteiger partial charge < -0.3 is 9.64 Å². The summed E-state index contributed by atoms with van der Waals surface area (Å²) in [6, 6.07) is 8.97. The number of rotatable bonds is 3. The topological polar surface area (TPSA) is 75.7 Å². The van der Waals surface area contributed by atoms with Gasteiger partial charge in [0, 0.05) is 25.9 Å². The first kappa shape index (κ1) is 13.6. The van der Waals surface area contributed by atoms with Crippen LogP contribution in [0, 0.1) is 5.92 Å². The molecule has 2 bridgehead atoms. The third-order valence-electron chi connectivity index (χ3n) is 4.27. The quantitative estimate of drug-likeness (QED) is 0.829. The van der Waals surface area contributed by atoms with E-state index in [1.807, 2.05) is 30.3 Å². The SMILES string of the molecule is CC(=O)OC[C@@H]1CN2C[C@]1(c1ccccc1)C(=O)NC2=O. The van der Waals surface area contributed by atoms with Gasteiger partial charge in [-0.05, 0) is 5.56 Å². The van der Waals surface area contributed by atoms with Crippen LogP contribution in [0.3, 0.4) is 0 Å². The minimum absolute atomic E-state index is 0.126. The number of hydrogen-bond donors (Lipinski definition) is 1. The van der Waals surface area contributed by atoms with E-state index in [2.05, 4.69) is 5.32 Å². The summed E-state index contributed by atoms with van der Waals surface area (Å²) < 4.78 is 5.11. The Morgan fingerprint density at radius 3 is 2.76 bits per heavy atom. The molecule has 1 aromatic rings. The maximum Gasteiger partial charge on any atom is 0.324 e. The molecule has 0 unspecified atom stereocenters. The molecule has 2 aliphatic rings. The highest BCUT2D eigenvalue weighted by atomic mass is 16.5. The van der Waals surface area contributed by atoms with Gasteiger partial charge in [0.15, 0.2) is 0 Å². The van der Waals surface area contributed by atoms with Gasteiger partial charge in [0.05, 0.1) is 12.0 Å². The van der Waals surface area contributed by atoms with Gasteiger partial charge in [0.2, 0.25) is 5.91 Å². The number of hydrogen-bond acceptors (Lipinski definition) is 4. The lowest BCUT2D eigenvalue weighted by Gasteiger charge is -2.35. The smallest absolute Gasteiger partial charge is 0.324 e. The fourth-order valence-electron chi connectivity index (χ4n) is 3.22. The lowest BCUT2D eigenvalue weighted by Crippen LogP contribution is -2.58. The van der Waals surface area contributed by atoms with E-state index in [4.69, 9.17) is 4.74 Å². The van der Waals surface area contributed by atoms with Gasteiger partial charge in [-0.15, -0.1) is 0 Å². The summed E-state index contributed by atoms with van der Waals surface area (Å²) in [6.07, 6.45) is 0. The molecule has 1 N–H and O–H groups in total. The number of esters is 1. The first-order chi connectivity index (χ1) is 10.0. The molecule has 3 amide bonds. The van der Waals surface area contributed by atoms with Crippen molar-refractivity contribution < 1.29 is 19.1 Å². The lowest BCUT2D eigenvalue weighted by molar-refractivity contribution is -0.144. The summed E-state index contributed by atoms with van der Waals surface area (Å²) in [7, 11) is 0. The van der Waals surface area contributed by atoms with E-state index < -0.39 is 5.41 Å². The molecule has 2 aliphatic heterocycles. The third-order valence-corrected chi connectivity index (χ3v) is 4.27. The first-order valence-electron chi connectivity index (χ1n) is 6.83. The molecular weight excluding hydrogens is 272 g/mol. The van der Waals surface area contributed by atoms with E-state index >= 15 is 0 Å². The molecular formula is C15H16N2O4. The van der Waals surface area contributed by atoms with Crippen molar-refractivity contribution in [3.05, 3.63) is 35.9 Å². The largest absolute Gasteiger partial charge is 0.465 e. The summed E-state index contributed by atoms with van der Waals surface area (Å²) in [5.74, 6) is -0.943. The predicted octanol–water partition coefficient (Wildman–Crippen LogP) is 0.669. The zero-order valence-corrected chi connectivity index (χ0v) is 11.7. The normalized spacial score (nSPS) is 27.5. The maximum atomic E-state index is 12.5. The van der Waals surface area contributed by atoms with Crippen LogP contribution in [0.2, 0.25) is 0 Å². The van der Waals surface area contributed by atoms with Crippen molar-refractivity contribution in [2.45, 2.75) is 12.3 Å². The van der Waals surface area contributed by atoms with Gasteiger partial charge in [-0.2, -0.15) is 0 Å². The van der Waals surface area contributed by atoms with Crippen LogP contribution >= 0.6 is 0 Å². The third kappa shape index (κ3) is 2.07. The standard InChI is InChI=1S/C15H16N2O4/c1-10(18)21-8-12-7-17-9-15(12,13(19)16-14(17)20)11-5-3-2-4-6-11/h2-6,12H,7-9H2,1H3,(H,16,19,20)/t12-,15+/m0/s1. The van der Waals surface area contributed by atoms with Gasteiger partial charge in [0.25, 0.3) is 0 Å². The van der Waals surface area contributed by atoms with Crippen LogP contribution in [0.5, 0.6) is 0 Å². The molecule has 2 saturated heterocycles. The van der Waals surface area contributed by atoms with Crippen molar-refractivity contribution in [1.82, 2.24) is 10.2 Å². The molecule has 0 spiro atoms. The van der Waals surface area contributed by atoms with Crippen LogP contribution in [-0.2, 0) is 19.7 Å². The van der Waals surface area contributed by atoms with Gasteiger partial charge >= 0.3 is 12.0 Å². The molecule has 0 aromatic heterocycles. The van der Waals surface area contributed by atoms with E-state index in [9.17, 15) is 14.4 Å². The van der Waals surface area contributed by atoms with Crippen LogP contribution in [0.25, 0.3) is 0 Å². The van der Waals surface area contributed by atoms with Crippen molar-refractivity contribution in [3.8, 4) is 0 Å². The number of amides is 3. The highest BCUT2D eigenvalue weighted by molar-refractivity contribution is 6.04. The Balaban J connectivity index is 2.01. The van der Waals surface area contributed by atoms with E-state index in [0.29, 0.717) is 13.1 Å². The molecule has 6 heteroatoms. The number of ether oxygens (including phenoxy) is 1. The van der Waals surface area contributed by atoms with Gasteiger partial charge in [-0.25, -0.2) is 4.79 Å². The number of carbonyl (C=O) groups excluding carboxylic acids is 3. The number of nitrogens with one attached hydrogen (secondary N) is 1. The molecule has 2 heterocycles. The molecule has 0 aliphatic carbocycles. The Labute approximate surface area is 122 Å². The molecule has 6 nitrogen and oxygen atoms in total.